The molecule has 3 nitrogen and oxygen atoms in total. The quantitative estimate of drug-likeness (QED) is 0.243. The van der Waals surface area contributed by atoms with Crippen molar-refractivity contribution in [3.63, 3.8) is 0 Å². The minimum atomic E-state index is -1.94. The Morgan fingerprint density at radius 3 is 2.03 bits per heavy atom. The molecule has 0 aromatic rings. The fourth-order valence-electron chi connectivity index (χ4n) is 6.12. The molecule has 3 saturated carbocycles. The van der Waals surface area contributed by atoms with Gasteiger partial charge in [-0.25, -0.2) is 0 Å². The van der Waals surface area contributed by atoms with Crippen LogP contribution >= 0.6 is 0 Å². The molecule has 0 N–H and O–H groups in total. The van der Waals surface area contributed by atoms with Crippen molar-refractivity contribution in [1.82, 2.24) is 0 Å². The van der Waals surface area contributed by atoms with Crippen LogP contribution in [0.4, 0.5) is 0 Å². The maximum atomic E-state index is 13.0. The number of rotatable bonds is 7. The molecule has 0 radical (unpaired) electrons. The molecule has 0 aliphatic heterocycles. The second-order valence-corrected chi connectivity index (χ2v) is 24.6. The molecule has 0 saturated heterocycles. The van der Waals surface area contributed by atoms with Crippen LogP contribution in [0.2, 0.25) is 36.3 Å². The van der Waals surface area contributed by atoms with E-state index in [1.165, 1.54) is 25.7 Å². The van der Waals surface area contributed by atoms with E-state index in [9.17, 15) is 4.79 Å². The van der Waals surface area contributed by atoms with E-state index in [0.29, 0.717) is 17.6 Å². The lowest BCUT2D eigenvalue weighted by molar-refractivity contribution is -0.153. The number of hydrogen-bond donors (Lipinski definition) is 0. The van der Waals surface area contributed by atoms with E-state index >= 15 is 0 Å². The van der Waals surface area contributed by atoms with Crippen molar-refractivity contribution >= 4 is 22.4 Å². The van der Waals surface area contributed by atoms with E-state index in [2.05, 4.69) is 86.5 Å². The summed E-state index contributed by atoms with van der Waals surface area (Å²) in [7, 11) is -3.88. The van der Waals surface area contributed by atoms with E-state index in [0.717, 1.165) is 25.7 Å². The van der Waals surface area contributed by atoms with E-state index in [-0.39, 0.29) is 40.0 Å². The third-order valence-corrected chi connectivity index (χ3v) is 19.5. The molecule has 0 amide bonds. The van der Waals surface area contributed by atoms with Gasteiger partial charge in [0.05, 0.1) is 6.10 Å². The second kappa shape index (κ2) is 11.0. The highest BCUT2D eigenvalue weighted by Crippen LogP contribution is 2.53. The molecule has 0 aromatic heterocycles. The molecule has 3 rings (SSSR count). The average Bonchev–Trinajstić information content (AvgIpc) is 3.28. The van der Waals surface area contributed by atoms with E-state index in [1.807, 2.05) is 0 Å². The summed E-state index contributed by atoms with van der Waals surface area (Å²) in [6.45, 7) is 25.6. The van der Waals surface area contributed by atoms with Crippen molar-refractivity contribution in [3.8, 4) is 11.8 Å². The highest BCUT2D eigenvalue weighted by molar-refractivity contribution is 6.74. The number of Topliss-reactive ketones (excluding diaryl/α,β-unsaturated/α-hetero) is 1. The van der Waals surface area contributed by atoms with Crippen molar-refractivity contribution in [2.24, 2.45) is 29.6 Å². The van der Waals surface area contributed by atoms with Gasteiger partial charge in [0.2, 0.25) is 0 Å². The molecule has 0 aromatic carbocycles. The Balaban J connectivity index is 1.95. The summed E-state index contributed by atoms with van der Waals surface area (Å²) in [4.78, 5) is 13.0. The van der Waals surface area contributed by atoms with Gasteiger partial charge >= 0.3 is 0 Å². The van der Waals surface area contributed by atoms with Crippen molar-refractivity contribution in [1.29, 1.82) is 0 Å². The molecule has 0 heterocycles. The minimum Gasteiger partial charge on any atom is -0.413 e. The monoisotopic (exact) mass is 532 g/mol. The first-order chi connectivity index (χ1) is 16.5. The molecule has 0 bridgehead atoms. The van der Waals surface area contributed by atoms with E-state index in [1.54, 1.807) is 0 Å². The smallest absolute Gasteiger partial charge is 0.193 e. The Hall–Kier alpha value is -0.416. The molecule has 6 atom stereocenters. The lowest BCUT2D eigenvalue weighted by Crippen LogP contribution is -2.58. The summed E-state index contributed by atoms with van der Waals surface area (Å²) in [5.74, 6) is 9.53. The van der Waals surface area contributed by atoms with E-state index < -0.39 is 16.6 Å². The SMILES string of the molecule is CCCC1C(=O)[C@H]2CC[C@@H](O[Si](C)(C)C(C)(C)C)[C@H](C#C[C@@H](O[Si](C)(C)C(C)(C)C)C3CCCC3)[C@@H]12. The van der Waals surface area contributed by atoms with Crippen LogP contribution in [0.3, 0.4) is 0 Å². The fraction of sp³-hybridized carbons (Fsp3) is 0.903. The maximum absolute atomic E-state index is 13.0. The lowest BCUT2D eigenvalue weighted by Gasteiger charge is -2.53. The Labute approximate surface area is 225 Å². The summed E-state index contributed by atoms with van der Waals surface area (Å²) in [5, 5.41) is 0.333. The molecule has 0 spiro atoms. The zero-order valence-corrected chi connectivity index (χ0v) is 27.4. The third-order valence-electron chi connectivity index (χ3n) is 10.5. The molecule has 3 fully saturated rings. The van der Waals surface area contributed by atoms with Crippen molar-refractivity contribution in [2.75, 3.05) is 0 Å². The molecule has 3 aliphatic rings. The van der Waals surface area contributed by atoms with Gasteiger partial charge in [0.15, 0.2) is 16.6 Å². The van der Waals surface area contributed by atoms with Crippen LogP contribution in [0.5, 0.6) is 0 Å². The van der Waals surface area contributed by atoms with Crippen LogP contribution < -0.4 is 0 Å². The molecular weight excluding hydrogens is 477 g/mol. The Kier molecular flexibility index (Phi) is 9.20. The Bertz CT molecular complexity index is 833. The van der Waals surface area contributed by atoms with Gasteiger partial charge in [-0.05, 0) is 80.2 Å². The second-order valence-electron chi connectivity index (χ2n) is 15.1. The van der Waals surface area contributed by atoms with Crippen LogP contribution in [-0.4, -0.2) is 34.6 Å². The molecule has 3 aliphatic carbocycles. The van der Waals surface area contributed by atoms with Crippen molar-refractivity contribution in [3.05, 3.63) is 0 Å². The van der Waals surface area contributed by atoms with Gasteiger partial charge in [0.1, 0.15) is 11.9 Å². The Morgan fingerprint density at radius 1 is 0.917 bits per heavy atom. The topological polar surface area (TPSA) is 35.5 Å². The predicted molar refractivity (Wildman–Crippen MR) is 157 cm³/mol. The molecule has 1 unspecified atom stereocenters. The van der Waals surface area contributed by atoms with Crippen LogP contribution in [0, 0.1) is 41.4 Å². The summed E-state index contributed by atoms with van der Waals surface area (Å²) in [6, 6.07) is 0. The maximum Gasteiger partial charge on any atom is 0.193 e. The van der Waals surface area contributed by atoms with Gasteiger partial charge in [-0.1, -0.05) is 79.6 Å². The third kappa shape index (κ3) is 6.24. The summed E-state index contributed by atoms with van der Waals surface area (Å²) in [6.07, 6.45) is 9.21. The van der Waals surface area contributed by atoms with Crippen LogP contribution in [0.15, 0.2) is 0 Å². The standard InChI is InChI=1S/C31H56O3Si2/c1-12-15-24-28-23(27(21-19-25(28)29(24)32)34-36(10,11)31(5,6)7)18-20-26(22-16-13-14-17-22)33-35(8,9)30(2,3)4/h22-28H,12-17,19,21H2,1-11H3/t23-,24?,25-,26+,27+,28-/m0/s1. The zero-order valence-electron chi connectivity index (χ0n) is 25.4. The van der Waals surface area contributed by atoms with Crippen LogP contribution in [-0.2, 0) is 13.6 Å². The van der Waals surface area contributed by atoms with Gasteiger partial charge in [0.25, 0.3) is 0 Å². The summed E-state index contributed by atoms with van der Waals surface area (Å²) in [5.41, 5.74) is 0. The highest BCUT2D eigenvalue weighted by atomic mass is 28.4. The van der Waals surface area contributed by atoms with Gasteiger partial charge in [-0.2, -0.15) is 0 Å². The predicted octanol–water partition coefficient (Wildman–Crippen LogP) is 8.60. The van der Waals surface area contributed by atoms with Gasteiger partial charge in [-0.3, -0.25) is 4.79 Å². The summed E-state index contributed by atoms with van der Waals surface area (Å²) < 4.78 is 14.1. The number of carbonyl (C=O) groups is 1. The number of fused-ring (bicyclic) bond motifs is 1. The lowest BCUT2D eigenvalue weighted by atomic mass is 9.52. The first kappa shape index (κ1) is 30.1. The average molecular weight is 533 g/mol. The van der Waals surface area contributed by atoms with Crippen LogP contribution in [0.1, 0.15) is 99.8 Å². The van der Waals surface area contributed by atoms with Crippen molar-refractivity contribution in [2.45, 2.75) is 148 Å². The minimum absolute atomic E-state index is 0.0164. The fourth-order valence-corrected chi connectivity index (χ4v) is 8.74. The molecule has 5 heteroatoms. The molecule has 206 valence electrons. The first-order valence-electron chi connectivity index (χ1n) is 14.9. The number of hydrogen-bond acceptors (Lipinski definition) is 3. The van der Waals surface area contributed by atoms with Crippen molar-refractivity contribution < 1.29 is 13.6 Å². The van der Waals surface area contributed by atoms with Gasteiger partial charge < -0.3 is 8.85 Å². The normalized spacial score (nSPS) is 30.9. The first-order valence-corrected chi connectivity index (χ1v) is 20.7. The molecule has 36 heavy (non-hydrogen) atoms. The van der Waals surface area contributed by atoms with Gasteiger partial charge in [0, 0.05) is 17.8 Å². The summed E-state index contributed by atoms with van der Waals surface area (Å²) >= 11 is 0. The number of ketones is 1. The zero-order chi connectivity index (χ0) is 27.1. The van der Waals surface area contributed by atoms with Crippen LogP contribution in [0.25, 0.3) is 0 Å². The van der Waals surface area contributed by atoms with E-state index in [4.69, 9.17) is 8.85 Å². The van der Waals surface area contributed by atoms with Gasteiger partial charge in [-0.15, -0.1) is 0 Å². The largest absolute Gasteiger partial charge is 0.413 e. The number of carbonyl (C=O) groups excluding carboxylic acids is 1. The Morgan fingerprint density at radius 2 is 1.50 bits per heavy atom. The highest BCUT2D eigenvalue weighted by Gasteiger charge is 2.57. The molecular formula is C31H56O3Si2.